The number of carbonyl (C=O) groups is 1. The highest BCUT2D eigenvalue weighted by Crippen LogP contribution is 2.41. The molecule has 1 amide bonds. The van der Waals surface area contributed by atoms with Crippen molar-refractivity contribution in [2.45, 2.75) is 11.2 Å². The first-order chi connectivity index (χ1) is 6.68. The van der Waals surface area contributed by atoms with Crippen LogP contribution >= 0.6 is 15.9 Å². The summed E-state index contributed by atoms with van der Waals surface area (Å²) in [5.74, 6) is 0.172. The summed E-state index contributed by atoms with van der Waals surface area (Å²) in [5.41, 5.74) is 1.05. The Labute approximate surface area is 92.0 Å². The van der Waals surface area contributed by atoms with Gasteiger partial charge in [-0.05, 0) is 12.5 Å². The van der Waals surface area contributed by atoms with Crippen molar-refractivity contribution in [1.82, 2.24) is 4.90 Å². The van der Waals surface area contributed by atoms with Crippen LogP contribution in [0.4, 0.5) is 0 Å². The number of amides is 1. The first-order valence-corrected chi connectivity index (χ1v) is 5.51. The van der Waals surface area contributed by atoms with E-state index in [4.69, 9.17) is 0 Å². The highest BCUT2D eigenvalue weighted by Gasteiger charge is 2.50. The van der Waals surface area contributed by atoms with Gasteiger partial charge in [0.1, 0.15) is 4.32 Å². The first kappa shape index (κ1) is 9.71. The molecule has 14 heavy (non-hydrogen) atoms. The maximum absolute atomic E-state index is 11.8. The van der Waals surface area contributed by atoms with E-state index in [1.807, 2.05) is 42.2 Å². The molecule has 1 saturated heterocycles. The fraction of sp³-hybridized carbons (Fsp3) is 0.364. The summed E-state index contributed by atoms with van der Waals surface area (Å²) in [6, 6.07) is 9.85. The molecular formula is C11H12BrNO. The summed E-state index contributed by atoms with van der Waals surface area (Å²) in [5, 5.41) is 0. The van der Waals surface area contributed by atoms with Crippen LogP contribution in [0.3, 0.4) is 0 Å². The molecule has 1 aliphatic rings. The van der Waals surface area contributed by atoms with Crippen molar-refractivity contribution in [2.24, 2.45) is 0 Å². The number of benzene rings is 1. The Balaban J connectivity index is 2.25. The van der Waals surface area contributed by atoms with Gasteiger partial charge in [0, 0.05) is 13.1 Å². The number of hydrogen-bond acceptors (Lipinski definition) is 1. The number of β-lactam (4-membered cyclic amide) rings is 1. The Morgan fingerprint density at radius 1 is 1.43 bits per heavy atom. The van der Waals surface area contributed by atoms with Crippen LogP contribution in [0.1, 0.15) is 12.5 Å². The Kier molecular flexibility index (Phi) is 2.35. The quantitative estimate of drug-likeness (QED) is 0.585. The van der Waals surface area contributed by atoms with E-state index in [2.05, 4.69) is 15.9 Å². The summed E-state index contributed by atoms with van der Waals surface area (Å²) in [6.07, 6.45) is 0. The maximum Gasteiger partial charge on any atom is 0.245 e. The molecule has 1 fully saturated rings. The van der Waals surface area contributed by atoms with Crippen molar-refractivity contribution in [3.63, 3.8) is 0 Å². The van der Waals surface area contributed by atoms with Crippen LogP contribution < -0.4 is 0 Å². The highest BCUT2D eigenvalue weighted by molar-refractivity contribution is 9.10. The average molecular weight is 254 g/mol. The van der Waals surface area contributed by atoms with Gasteiger partial charge in [0.25, 0.3) is 0 Å². The number of likely N-dealkylation sites (tertiary alicyclic amines) is 1. The molecule has 1 heterocycles. The van der Waals surface area contributed by atoms with Crippen LogP contribution in [0.25, 0.3) is 0 Å². The second-order valence-corrected chi connectivity index (χ2v) is 4.84. The van der Waals surface area contributed by atoms with Crippen LogP contribution in [0.2, 0.25) is 0 Å². The molecule has 0 aromatic heterocycles. The molecule has 2 nitrogen and oxygen atoms in total. The second kappa shape index (κ2) is 3.39. The highest BCUT2D eigenvalue weighted by atomic mass is 79.9. The SMILES string of the molecule is CCN1CC(Br)(c2ccccc2)C1=O. The van der Waals surface area contributed by atoms with Gasteiger partial charge in [-0.2, -0.15) is 0 Å². The lowest BCUT2D eigenvalue weighted by Crippen LogP contribution is -2.60. The van der Waals surface area contributed by atoms with Crippen molar-refractivity contribution in [3.05, 3.63) is 35.9 Å². The third-order valence-corrected chi connectivity index (χ3v) is 3.70. The van der Waals surface area contributed by atoms with Crippen molar-refractivity contribution >= 4 is 21.8 Å². The van der Waals surface area contributed by atoms with E-state index in [-0.39, 0.29) is 5.91 Å². The topological polar surface area (TPSA) is 20.3 Å². The van der Waals surface area contributed by atoms with Gasteiger partial charge < -0.3 is 4.90 Å². The van der Waals surface area contributed by atoms with E-state index >= 15 is 0 Å². The molecule has 0 spiro atoms. The molecule has 3 heteroatoms. The Hall–Kier alpha value is -0.830. The zero-order chi connectivity index (χ0) is 10.2. The molecule has 1 aromatic carbocycles. The van der Waals surface area contributed by atoms with Crippen molar-refractivity contribution in [2.75, 3.05) is 13.1 Å². The van der Waals surface area contributed by atoms with E-state index < -0.39 is 4.32 Å². The minimum absolute atomic E-state index is 0.172. The monoisotopic (exact) mass is 253 g/mol. The fourth-order valence-electron chi connectivity index (χ4n) is 1.73. The van der Waals surface area contributed by atoms with Gasteiger partial charge in [0.05, 0.1) is 0 Å². The fourth-order valence-corrected chi connectivity index (χ4v) is 2.55. The predicted molar refractivity (Wildman–Crippen MR) is 59.3 cm³/mol. The van der Waals surface area contributed by atoms with E-state index in [0.717, 1.165) is 18.7 Å². The van der Waals surface area contributed by atoms with E-state index in [9.17, 15) is 4.79 Å². The number of nitrogens with zero attached hydrogens (tertiary/aromatic N) is 1. The van der Waals surface area contributed by atoms with Gasteiger partial charge in [-0.1, -0.05) is 46.3 Å². The third kappa shape index (κ3) is 1.27. The number of halogens is 1. The molecule has 0 saturated carbocycles. The van der Waals surface area contributed by atoms with Crippen molar-refractivity contribution in [1.29, 1.82) is 0 Å². The molecule has 0 bridgehead atoms. The van der Waals surface area contributed by atoms with E-state index in [0.29, 0.717) is 0 Å². The Bertz CT molecular complexity index is 352. The minimum Gasteiger partial charge on any atom is -0.339 e. The third-order valence-electron chi connectivity index (χ3n) is 2.65. The molecule has 1 aromatic rings. The molecule has 0 N–H and O–H groups in total. The lowest BCUT2D eigenvalue weighted by Gasteiger charge is -2.45. The maximum atomic E-state index is 11.8. The Morgan fingerprint density at radius 3 is 2.57 bits per heavy atom. The first-order valence-electron chi connectivity index (χ1n) is 4.72. The summed E-state index contributed by atoms with van der Waals surface area (Å²) >= 11 is 3.53. The zero-order valence-electron chi connectivity index (χ0n) is 8.03. The number of hydrogen-bond donors (Lipinski definition) is 0. The summed E-state index contributed by atoms with van der Waals surface area (Å²) in [4.78, 5) is 13.6. The number of rotatable bonds is 2. The van der Waals surface area contributed by atoms with Gasteiger partial charge >= 0.3 is 0 Å². The van der Waals surface area contributed by atoms with Gasteiger partial charge in [-0.25, -0.2) is 0 Å². The van der Waals surface area contributed by atoms with Gasteiger partial charge in [-0.15, -0.1) is 0 Å². The van der Waals surface area contributed by atoms with E-state index in [1.54, 1.807) is 0 Å². The average Bonchev–Trinajstić information content (AvgIpc) is 2.26. The molecule has 74 valence electrons. The lowest BCUT2D eigenvalue weighted by atomic mass is 9.90. The standard InChI is InChI=1S/C11H12BrNO/c1-2-13-8-11(12,10(13)14)9-6-4-3-5-7-9/h3-7H,2,8H2,1H3. The van der Waals surface area contributed by atoms with Gasteiger partial charge in [-0.3, -0.25) is 4.79 Å². The second-order valence-electron chi connectivity index (χ2n) is 3.49. The molecule has 1 aliphatic heterocycles. The van der Waals surface area contributed by atoms with Gasteiger partial charge in [0.2, 0.25) is 5.91 Å². The van der Waals surface area contributed by atoms with Gasteiger partial charge in [0.15, 0.2) is 0 Å². The van der Waals surface area contributed by atoms with Crippen LogP contribution in [-0.2, 0) is 9.12 Å². The number of carbonyl (C=O) groups excluding carboxylic acids is 1. The van der Waals surface area contributed by atoms with Crippen molar-refractivity contribution in [3.8, 4) is 0 Å². The largest absolute Gasteiger partial charge is 0.339 e. The lowest BCUT2D eigenvalue weighted by molar-refractivity contribution is -0.144. The molecule has 1 unspecified atom stereocenters. The normalized spacial score (nSPS) is 26.1. The van der Waals surface area contributed by atoms with Crippen molar-refractivity contribution < 1.29 is 4.79 Å². The smallest absolute Gasteiger partial charge is 0.245 e. The summed E-state index contributed by atoms with van der Waals surface area (Å²) in [7, 11) is 0. The van der Waals surface area contributed by atoms with Crippen LogP contribution in [-0.4, -0.2) is 23.9 Å². The molecular weight excluding hydrogens is 242 g/mol. The minimum atomic E-state index is -0.454. The number of alkyl halides is 1. The zero-order valence-corrected chi connectivity index (χ0v) is 9.62. The Morgan fingerprint density at radius 2 is 2.07 bits per heavy atom. The molecule has 2 rings (SSSR count). The molecule has 0 aliphatic carbocycles. The summed E-state index contributed by atoms with van der Waals surface area (Å²) < 4.78 is -0.454. The molecule has 0 radical (unpaired) electrons. The van der Waals surface area contributed by atoms with Crippen LogP contribution in [0.15, 0.2) is 30.3 Å². The van der Waals surface area contributed by atoms with Crippen LogP contribution in [0.5, 0.6) is 0 Å². The van der Waals surface area contributed by atoms with E-state index in [1.165, 1.54) is 0 Å². The van der Waals surface area contributed by atoms with Crippen LogP contribution in [0, 0.1) is 0 Å². The summed E-state index contributed by atoms with van der Waals surface area (Å²) in [6.45, 7) is 3.56. The number of likely N-dealkylation sites (N-methyl/N-ethyl adjacent to an activating group) is 1. The predicted octanol–water partition coefficient (Wildman–Crippen LogP) is 2.14. The molecule has 1 atom stereocenters.